The maximum atomic E-state index is 12.9. The van der Waals surface area contributed by atoms with Crippen molar-refractivity contribution in [3.05, 3.63) is 47.5 Å². The highest BCUT2D eigenvalue weighted by Crippen LogP contribution is 2.30. The van der Waals surface area contributed by atoms with E-state index in [9.17, 15) is 8.42 Å². The molecule has 0 amide bonds. The number of para-hydroxylation sites is 1. The molecule has 0 bridgehead atoms. The number of ether oxygens (including phenoxy) is 2. The molecule has 0 aliphatic carbocycles. The van der Waals surface area contributed by atoms with Gasteiger partial charge in [-0.05, 0) is 49.3 Å². The highest BCUT2D eigenvalue weighted by Gasteiger charge is 2.27. The average Bonchev–Trinajstić information content (AvgIpc) is 2.71. The van der Waals surface area contributed by atoms with Crippen LogP contribution in [0.15, 0.2) is 41.3 Å². The predicted octanol–water partition coefficient (Wildman–Crippen LogP) is 3.14. The van der Waals surface area contributed by atoms with E-state index in [1.54, 1.807) is 12.1 Å². The van der Waals surface area contributed by atoms with E-state index in [1.165, 1.54) is 17.5 Å². The van der Waals surface area contributed by atoms with Gasteiger partial charge in [-0.15, -0.1) is 0 Å². The van der Waals surface area contributed by atoms with Crippen LogP contribution >= 0.6 is 12.2 Å². The van der Waals surface area contributed by atoms with Crippen molar-refractivity contribution >= 4 is 38.7 Å². The number of thiocarbonyl (C=S) groups is 1. The summed E-state index contributed by atoms with van der Waals surface area (Å²) in [5.41, 5.74) is 3.67. The lowest BCUT2D eigenvalue weighted by Gasteiger charge is -2.26. The number of nitrogens with one attached hydrogen (secondary N) is 2. The van der Waals surface area contributed by atoms with Gasteiger partial charge in [-0.25, -0.2) is 8.42 Å². The Kier molecular flexibility index (Phi) is 6.74. The molecule has 3 rings (SSSR count). The number of methoxy groups -OCH3 is 1. The van der Waals surface area contributed by atoms with Crippen molar-refractivity contribution in [1.29, 1.82) is 0 Å². The lowest BCUT2D eigenvalue weighted by molar-refractivity contribution is 0.0730. The van der Waals surface area contributed by atoms with Crippen molar-refractivity contribution in [1.82, 2.24) is 4.31 Å². The lowest BCUT2D eigenvalue weighted by atomic mass is 10.1. The molecule has 0 saturated carbocycles. The van der Waals surface area contributed by atoms with Crippen molar-refractivity contribution in [2.24, 2.45) is 0 Å². The van der Waals surface area contributed by atoms with E-state index in [0.717, 1.165) is 16.8 Å². The molecule has 1 heterocycles. The van der Waals surface area contributed by atoms with Gasteiger partial charge < -0.3 is 20.1 Å². The minimum atomic E-state index is -3.60. The fourth-order valence-electron chi connectivity index (χ4n) is 3.15. The maximum Gasteiger partial charge on any atom is 0.243 e. The fourth-order valence-corrected chi connectivity index (χ4v) is 4.79. The van der Waals surface area contributed by atoms with E-state index in [1.807, 2.05) is 32.0 Å². The van der Waals surface area contributed by atoms with Crippen LogP contribution in [0, 0.1) is 13.8 Å². The Morgan fingerprint density at radius 1 is 1.10 bits per heavy atom. The molecule has 0 spiro atoms. The maximum absolute atomic E-state index is 12.9. The van der Waals surface area contributed by atoms with Gasteiger partial charge in [0.15, 0.2) is 5.11 Å². The smallest absolute Gasteiger partial charge is 0.243 e. The van der Waals surface area contributed by atoms with E-state index in [2.05, 4.69) is 10.6 Å². The second kappa shape index (κ2) is 9.08. The third kappa shape index (κ3) is 4.87. The molecule has 1 saturated heterocycles. The number of rotatable bonds is 5. The van der Waals surface area contributed by atoms with Crippen LogP contribution in [0.5, 0.6) is 5.75 Å². The van der Waals surface area contributed by atoms with E-state index >= 15 is 0 Å². The van der Waals surface area contributed by atoms with Gasteiger partial charge in [-0.1, -0.05) is 18.2 Å². The molecule has 0 aromatic heterocycles. The summed E-state index contributed by atoms with van der Waals surface area (Å²) in [7, 11) is -2.11. The molecule has 2 aromatic rings. The zero-order valence-electron chi connectivity index (χ0n) is 16.7. The molecule has 7 nitrogen and oxygen atoms in total. The Balaban J connectivity index is 1.79. The summed E-state index contributed by atoms with van der Waals surface area (Å²) in [6, 6.07) is 10.7. The molecule has 0 radical (unpaired) electrons. The molecule has 1 aliphatic rings. The Morgan fingerprint density at radius 2 is 1.76 bits per heavy atom. The first-order chi connectivity index (χ1) is 13.8. The van der Waals surface area contributed by atoms with Crippen LogP contribution in [0.25, 0.3) is 0 Å². The minimum Gasteiger partial charge on any atom is -0.495 e. The van der Waals surface area contributed by atoms with Crippen LogP contribution in [0.4, 0.5) is 11.4 Å². The molecule has 1 fully saturated rings. The molecule has 9 heteroatoms. The molecule has 0 atom stereocenters. The van der Waals surface area contributed by atoms with Crippen LogP contribution in [-0.4, -0.2) is 51.2 Å². The van der Waals surface area contributed by atoms with Gasteiger partial charge in [0.25, 0.3) is 0 Å². The SMILES string of the molecule is COc1cc(S(=O)(=O)N2CCOCC2)ccc1NC(=S)Nc1c(C)cccc1C. The van der Waals surface area contributed by atoms with Crippen molar-refractivity contribution in [2.75, 3.05) is 44.0 Å². The number of benzene rings is 2. The molecule has 2 N–H and O–H groups in total. The summed E-state index contributed by atoms with van der Waals surface area (Å²) in [5.74, 6) is 0.394. The van der Waals surface area contributed by atoms with Crippen LogP contribution in [0.3, 0.4) is 0 Å². The van der Waals surface area contributed by atoms with E-state index < -0.39 is 10.0 Å². The summed E-state index contributed by atoms with van der Waals surface area (Å²) in [4.78, 5) is 0.176. The Bertz CT molecular complexity index is 983. The molecular formula is C20H25N3O4S2. The van der Waals surface area contributed by atoms with Gasteiger partial charge in [0.1, 0.15) is 5.75 Å². The third-order valence-corrected chi connectivity index (χ3v) is 6.85. The molecule has 2 aromatic carbocycles. The van der Waals surface area contributed by atoms with E-state index in [4.69, 9.17) is 21.7 Å². The van der Waals surface area contributed by atoms with Crippen molar-refractivity contribution in [2.45, 2.75) is 18.7 Å². The number of hydrogen-bond donors (Lipinski definition) is 2. The van der Waals surface area contributed by atoms with Gasteiger partial charge in [0.05, 0.1) is 30.9 Å². The predicted molar refractivity (Wildman–Crippen MR) is 118 cm³/mol. The van der Waals surface area contributed by atoms with Crippen molar-refractivity contribution in [3.8, 4) is 5.75 Å². The average molecular weight is 436 g/mol. The second-order valence-electron chi connectivity index (χ2n) is 6.72. The van der Waals surface area contributed by atoms with Crippen molar-refractivity contribution in [3.63, 3.8) is 0 Å². The molecule has 29 heavy (non-hydrogen) atoms. The van der Waals surface area contributed by atoms with E-state index in [0.29, 0.717) is 42.9 Å². The van der Waals surface area contributed by atoms with Crippen LogP contribution < -0.4 is 15.4 Å². The summed E-state index contributed by atoms with van der Waals surface area (Å²) in [6.45, 7) is 5.49. The second-order valence-corrected chi connectivity index (χ2v) is 9.07. The van der Waals surface area contributed by atoms with Gasteiger partial charge in [0.2, 0.25) is 10.0 Å². The highest BCUT2D eigenvalue weighted by atomic mass is 32.2. The van der Waals surface area contributed by atoms with Crippen LogP contribution in [0.2, 0.25) is 0 Å². The zero-order valence-corrected chi connectivity index (χ0v) is 18.3. The minimum absolute atomic E-state index is 0.176. The van der Waals surface area contributed by atoms with E-state index in [-0.39, 0.29) is 4.90 Å². The Labute approximate surface area is 177 Å². The number of aryl methyl sites for hydroxylation is 2. The zero-order chi connectivity index (χ0) is 21.0. The summed E-state index contributed by atoms with van der Waals surface area (Å²) in [6.07, 6.45) is 0. The number of anilines is 2. The lowest BCUT2D eigenvalue weighted by Crippen LogP contribution is -2.40. The summed E-state index contributed by atoms with van der Waals surface area (Å²) >= 11 is 5.44. The Morgan fingerprint density at radius 3 is 2.38 bits per heavy atom. The monoisotopic (exact) mass is 435 g/mol. The van der Waals surface area contributed by atoms with Gasteiger partial charge in [0, 0.05) is 24.8 Å². The molecule has 1 aliphatic heterocycles. The normalized spacial score (nSPS) is 15.0. The van der Waals surface area contributed by atoms with Gasteiger partial charge >= 0.3 is 0 Å². The van der Waals surface area contributed by atoms with Crippen LogP contribution in [-0.2, 0) is 14.8 Å². The van der Waals surface area contributed by atoms with Crippen LogP contribution in [0.1, 0.15) is 11.1 Å². The van der Waals surface area contributed by atoms with Crippen molar-refractivity contribution < 1.29 is 17.9 Å². The number of nitrogens with zero attached hydrogens (tertiary/aromatic N) is 1. The molecule has 156 valence electrons. The first-order valence-electron chi connectivity index (χ1n) is 9.23. The highest BCUT2D eigenvalue weighted by molar-refractivity contribution is 7.89. The third-order valence-electron chi connectivity index (χ3n) is 4.75. The Hall–Kier alpha value is -2.20. The van der Waals surface area contributed by atoms with Gasteiger partial charge in [-0.2, -0.15) is 4.31 Å². The first kappa shape index (κ1) is 21.5. The quantitative estimate of drug-likeness (QED) is 0.699. The number of sulfonamides is 1. The molecular weight excluding hydrogens is 410 g/mol. The standard InChI is InChI=1S/C20H25N3O4S2/c1-14-5-4-6-15(2)19(14)22-20(28)21-17-8-7-16(13-18(17)26-3)29(24,25)23-9-11-27-12-10-23/h4-8,13H,9-12H2,1-3H3,(H2,21,22,28). The summed E-state index contributed by atoms with van der Waals surface area (Å²) in [5, 5.41) is 6.68. The summed E-state index contributed by atoms with van der Waals surface area (Å²) < 4.78 is 37.8. The first-order valence-corrected chi connectivity index (χ1v) is 11.1. The molecule has 0 unspecified atom stereocenters. The van der Waals surface area contributed by atoms with Gasteiger partial charge in [-0.3, -0.25) is 0 Å². The fraction of sp³-hybridized carbons (Fsp3) is 0.350. The largest absolute Gasteiger partial charge is 0.495 e. The number of hydrogen-bond acceptors (Lipinski definition) is 5. The number of morpholine rings is 1. The topological polar surface area (TPSA) is 79.9 Å².